The lowest BCUT2D eigenvalue weighted by atomic mass is 9.44. The van der Waals surface area contributed by atoms with Crippen LogP contribution < -0.4 is 15.7 Å². The zero-order valence-corrected chi connectivity index (χ0v) is 39.2. The molecule has 0 amide bonds. The van der Waals surface area contributed by atoms with E-state index in [1.165, 1.54) is 66.0 Å². The van der Waals surface area contributed by atoms with Gasteiger partial charge in [-0.15, -0.1) is 0 Å². The second kappa shape index (κ2) is 12.2. The van der Waals surface area contributed by atoms with Gasteiger partial charge in [-0.1, -0.05) is 103 Å². The Bertz CT molecular complexity index is 4220. The summed E-state index contributed by atoms with van der Waals surface area (Å²) in [6.45, 7) is 18.6. The number of anilines is 2. The fraction of sp³-hybridized carbons (Fsp3) is 0.213. The van der Waals surface area contributed by atoms with E-state index in [1.54, 1.807) is 0 Å². The lowest BCUT2D eigenvalue weighted by molar-refractivity contribution is 0.332. The maximum atomic E-state index is 7.06. The molecule has 3 aliphatic rings. The molecular weight excluding hydrogens is 819 g/mol. The third-order valence-corrected chi connectivity index (χ3v) is 16.5. The van der Waals surface area contributed by atoms with Crippen LogP contribution in [0, 0.1) is 6.92 Å². The van der Waals surface area contributed by atoms with Gasteiger partial charge in [0, 0.05) is 77.8 Å². The van der Waals surface area contributed by atoms with Gasteiger partial charge in [-0.3, -0.25) is 0 Å². The average molecular weight is 869 g/mol. The first-order valence-electron chi connectivity index (χ1n) is 24.1. The molecule has 5 nitrogen and oxygen atoms in total. The molecule has 67 heavy (non-hydrogen) atoms. The molecule has 1 aliphatic carbocycles. The minimum atomic E-state index is -0.185. The van der Waals surface area contributed by atoms with E-state index in [9.17, 15) is 0 Å². The standard InChI is InChI=1S/C61H49BN2O3/c1-32-23-42-37-24-39-40-26-44-45(61(7,8)22-21-60(44,5)6)28-52(40)67-55(39)31-48(37)64(34-19-17-33(18-20-34)59(2,3)4)62-46-29-53-41(36-14-10-12-16-51(36)65-53)27-49(46)63-47-30-54-38(35-13-9-11-15-50(35)66-54)25-43(47)56(32)58(63)57(42)62/h9-20,23-31H,21-22H2,1-8H3. The molecule has 0 fully saturated rings. The number of rotatable bonds is 1. The van der Waals surface area contributed by atoms with Crippen LogP contribution in [0.25, 0.3) is 104 Å². The Hall–Kier alpha value is -7.18. The van der Waals surface area contributed by atoms with Crippen molar-refractivity contribution in [1.29, 1.82) is 0 Å². The Kier molecular flexibility index (Phi) is 6.93. The van der Waals surface area contributed by atoms with Crippen molar-refractivity contribution in [3.63, 3.8) is 0 Å². The quantitative estimate of drug-likeness (QED) is 0.154. The molecule has 0 saturated carbocycles. The van der Waals surface area contributed by atoms with Crippen molar-refractivity contribution < 1.29 is 13.3 Å². The van der Waals surface area contributed by atoms with E-state index in [1.807, 2.05) is 0 Å². The van der Waals surface area contributed by atoms with E-state index in [4.69, 9.17) is 13.3 Å². The fourth-order valence-corrected chi connectivity index (χ4v) is 12.9. The highest BCUT2D eigenvalue weighted by atomic mass is 16.3. The Morgan fingerprint density at radius 3 is 1.81 bits per heavy atom. The molecule has 0 unspecified atom stereocenters. The van der Waals surface area contributed by atoms with Gasteiger partial charge in [-0.2, -0.15) is 0 Å². The molecular formula is C61H49BN2O3. The summed E-state index contributed by atoms with van der Waals surface area (Å²) in [4.78, 5) is 2.61. The summed E-state index contributed by atoms with van der Waals surface area (Å²) >= 11 is 0. The van der Waals surface area contributed by atoms with Crippen LogP contribution in [0.15, 0.2) is 141 Å². The van der Waals surface area contributed by atoms with Crippen LogP contribution in [0.3, 0.4) is 0 Å². The van der Waals surface area contributed by atoms with Crippen molar-refractivity contribution in [2.75, 3.05) is 4.81 Å². The van der Waals surface area contributed by atoms with Crippen molar-refractivity contribution in [1.82, 2.24) is 4.57 Å². The second-order valence-corrected chi connectivity index (χ2v) is 22.4. The molecule has 6 heterocycles. The first-order valence-corrected chi connectivity index (χ1v) is 24.1. The van der Waals surface area contributed by atoms with Crippen molar-refractivity contribution in [2.24, 2.45) is 0 Å². The minimum Gasteiger partial charge on any atom is -0.456 e. The van der Waals surface area contributed by atoms with E-state index >= 15 is 0 Å². The number of nitrogens with zero attached hydrogens (tertiary/aromatic N) is 2. The van der Waals surface area contributed by atoms with E-state index in [2.05, 4.69) is 192 Å². The van der Waals surface area contributed by atoms with E-state index in [-0.39, 0.29) is 23.1 Å². The average Bonchev–Trinajstić information content (AvgIpc) is 4.06. The highest BCUT2D eigenvalue weighted by Crippen LogP contribution is 2.52. The van der Waals surface area contributed by atoms with Gasteiger partial charge in [0.1, 0.15) is 33.5 Å². The second-order valence-electron chi connectivity index (χ2n) is 22.4. The van der Waals surface area contributed by atoms with Crippen LogP contribution >= 0.6 is 0 Å². The highest BCUT2D eigenvalue weighted by Gasteiger charge is 2.46. The molecule has 8 aromatic carbocycles. The maximum Gasteiger partial charge on any atom is 0.333 e. The molecule has 6 heteroatoms. The number of fused-ring (bicyclic) bond motifs is 18. The van der Waals surface area contributed by atoms with Crippen molar-refractivity contribution >= 4 is 117 Å². The van der Waals surface area contributed by atoms with Crippen LogP contribution in [0.4, 0.5) is 11.4 Å². The highest BCUT2D eigenvalue weighted by molar-refractivity contribution is 6.94. The predicted octanol–water partition coefficient (Wildman–Crippen LogP) is 15.7. The Balaban J connectivity index is 1.11. The third kappa shape index (κ3) is 4.85. The maximum absolute atomic E-state index is 7.06. The molecule has 4 aromatic heterocycles. The molecule has 12 aromatic rings. The zero-order valence-electron chi connectivity index (χ0n) is 39.2. The Labute approximate surface area is 388 Å². The number of furan rings is 3. The molecule has 0 saturated heterocycles. The van der Waals surface area contributed by atoms with E-state index < -0.39 is 0 Å². The van der Waals surface area contributed by atoms with Gasteiger partial charge in [-0.25, -0.2) is 0 Å². The van der Waals surface area contributed by atoms with E-state index in [0.717, 1.165) is 95.8 Å². The smallest absolute Gasteiger partial charge is 0.333 e. The third-order valence-electron chi connectivity index (χ3n) is 16.5. The number of benzene rings is 8. The summed E-state index contributed by atoms with van der Waals surface area (Å²) in [7, 11) is 0. The summed E-state index contributed by atoms with van der Waals surface area (Å²) in [5, 5.41) is 9.38. The summed E-state index contributed by atoms with van der Waals surface area (Å²) in [6, 6.07) is 47.8. The molecule has 0 spiro atoms. The predicted molar refractivity (Wildman–Crippen MR) is 280 cm³/mol. The lowest BCUT2D eigenvalue weighted by Gasteiger charge is -2.42. The minimum absolute atomic E-state index is 0.00709. The Morgan fingerprint density at radius 2 is 1.10 bits per heavy atom. The van der Waals surface area contributed by atoms with Gasteiger partial charge in [0.2, 0.25) is 0 Å². The monoisotopic (exact) mass is 868 g/mol. The van der Waals surface area contributed by atoms with E-state index in [0.29, 0.717) is 0 Å². The molecule has 15 rings (SSSR count). The molecule has 0 N–H and O–H groups in total. The van der Waals surface area contributed by atoms with Gasteiger partial charge in [-0.05, 0) is 135 Å². The number of aryl methyl sites for hydroxylation is 1. The van der Waals surface area contributed by atoms with Crippen molar-refractivity contribution in [3.8, 4) is 16.8 Å². The topological polar surface area (TPSA) is 47.6 Å². The van der Waals surface area contributed by atoms with Gasteiger partial charge in [0.15, 0.2) is 0 Å². The van der Waals surface area contributed by atoms with Crippen LogP contribution in [0.2, 0.25) is 0 Å². The van der Waals surface area contributed by atoms with Crippen LogP contribution in [0.1, 0.15) is 83.6 Å². The first kappa shape index (κ1) is 38.0. The summed E-state index contributed by atoms with van der Waals surface area (Å²) in [6.07, 6.45) is 2.32. The van der Waals surface area contributed by atoms with Crippen molar-refractivity contribution in [3.05, 3.63) is 150 Å². The summed E-state index contributed by atoms with van der Waals surface area (Å²) in [5.74, 6) is 0. The number of hydrogen-bond acceptors (Lipinski definition) is 4. The van der Waals surface area contributed by atoms with Gasteiger partial charge >= 0.3 is 6.85 Å². The summed E-state index contributed by atoms with van der Waals surface area (Å²) in [5.41, 5.74) is 21.8. The molecule has 0 radical (unpaired) electrons. The molecule has 324 valence electrons. The number of para-hydroxylation sites is 2. The van der Waals surface area contributed by atoms with Crippen molar-refractivity contribution in [2.45, 2.75) is 84.5 Å². The molecule has 2 aliphatic heterocycles. The van der Waals surface area contributed by atoms with Gasteiger partial charge in [0.25, 0.3) is 0 Å². The Morgan fingerprint density at radius 1 is 0.522 bits per heavy atom. The largest absolute Gasteiger partial charge is 0.456 e. The zero-order chi connectivity index (χ0) is 45.2. The molecule has 0 atom stereocenters. The SMILES string of the molecule is Cc1cc2c3c4c1c1cc5c(cc1n4-c1cc4c(cc1B3N(c1ccc(C(C)(C)C)cc1)c1cc3oc6cc7c(cc6c3cc1-2)C(C)(C)CCC7(C)C)oc1ccccc14)oc1ccccc15. The molecule has 0 bridgehead atoms. The van der Waals surface area contributed by atoms with Gasteiger partial charge < -0.3 is 22.6 Å². The fourth-order valence-electron chi connectivity index (χ4n) is 12.9. The normalized spacial score (nSPS) is 16.1. The van der Waals surface area contributed by atoms with Gasteiger partial charge in [0.05, 0.1) is 11.0 Å². The number of aromatic nitrogens is 1. The van der Waals surface area contributed by atoms with Crippen LogP contribution in [-0.4, -0.2) is 11.4 Å². The van der Waals surface area contributed by atoms with Crippen LogP contribution in [0.5, 0.6) is 0 Å². The van der Waals surface area contributed by atoms with Crippen LogP contribution in [-0.2, 0) is 16.2 Å². The number of hydrogen-bond donors (Lipinski definition) is 0. The summed E-state index contributed by atoms with van der Waals surface area (Å²) < 4.78 is 23.0. The first-order chi connectivity index (χ1) is 32.2. The lowest BCUT2D eigenvalue weighted by Crippen LogP contribution is -2.60.